The Labute approximate surface area is 709 Å². The van der Waals surface area contributed by atoms with Crippen LogP contribution in [0.1, 0.15) is 130 Å². The average molecular weight is 1870 g/mol. The van der Waals surface area contributed by atoms with Crippen molar-refractivity contribution in [1.82, 2.24) is 16.0 Å². The van der Waals surface area contributed by atoms with Gasteiger partial charge >= 0.3 is 77.7 Å². The van der Waals surface area contributed by atoms with E-state index in [1.165, 1.54) is 12.1 Å². The molecule has 0 spiro atoms. The number of hydrogen-bond acceptors (Lipinski definition) is 20. The fourth-order valence-corrected chi connectivity index (χ4v) is 14.9. The molecular weight excluding hydrogens is 1780 g/mol. The molecule has 35 heteroatoms. The van der Waals surface area contributed by atoms with Crippen LogP contribution in [0.15, 0.2) is 151 Å². The van der Waals surface area contributed by atoms with Gasteiger partial charge in [0.05, 0.1) is 45.8 Å². The number of rotatable bonds is 32. The molecule has 600 valence electrons. The van der Waals surface area contributed by atoms with E-state index < -0.39 is 115 Å². The number of anilines is 2. The third-order valence-corrected chi connectivity index (χ3v) is 20.3. The predicted octanol–water partition coefficient (Wildman–Crippen LogP) is 9.10. The first-order chi connectivity index (χ1) is 51.3. The molecule has 3 amide bonds. The smallest absolute Gasteiger partial charge is 1.00 e. The van der Waals surface area contributed by atoms with E-state index in [4.69, 9.17) is 68.0 Å². The molecule has 4 N–H and O–H groups in total. The van der Waals surface area contributed by atoms with E-state index in [0.29, 0.717) is 49.3 Å². The first-order valence-electron chi connectivity index (χ1n) is 34.5. The molecule has 5 aromatic rings. The number of esters is 5. The van der Waals surface area contributed by atoms with Crippen LogP contribution in [-0.4, -0.2) is 124 Å². The number of alkyl halides is 2. The third kappa shape index (κ3) is 36.1. The first-order valence-corrected chi connectivity index (χ1v) is 40.4. The number of allylic oxidation sites excluding steroid dienone is 2. The molecule has 5 atom stereocenters. The van der Waals surface area contributed by atoms with Crippen molar-refractivity contribution in [3.63, 3.8) is 0 Å². The zero-order valence-corrected chi connectivity index (χ0v) is 72.7. The normalized spacial score (nSPS) is 14.4. The minimum atomic E-state index is -4.46. The second-order valence-electron chi connectivity index (χ2n) is 25.3. The predicted molar refractivity (Wildman–Crippen MR) is 413 cm³/mol. The summed E-state index contributed by atoms with van der Waals surface area (Å²) in [5.41, 5.74) is 2.55. The Morgan fingerprint density at radius 1 is 0.518 bits per heavy atom. The Balaban J connectivity index is 0.000000525. The number of carbonyl (C=O) groups excluding carboxylic acids is 8. The van der Waals surface area contributed by atoms with E-state index in [0.717, 1.165) is 47.0 Å². The molecular formula is C75H93Cl3F2I2N5NaO20S2. The molecule has 2 aliphatic carbocycles. The van der Waals surface area contributed by atoms with Crippen LogP contribution in [0.4, 0.5) is 34.5 Å². The summed E-state index contributed by atoms with van der Waals surface area (Å²) in [6.45, 7) is 14.5. The summed E-state index contributed by atoms with van der Waals surface area (Å²) >= 11 is 19.3. The zero-order valence-electron chi connectivity index (χ0n) is 62.5. The fraction of sp³-hybridized carbons (Fsp3) is 0.440. The summed E-state index contributed by atoms with van der Waals surface area (Å²) < 4.78 is 124. The second-order valence-corrected chi connectivity index (χ2v) is 30.8. The van der Waals surface area contributed by atoms with Crippen molar-refractivity contribution < 1.29 is 155 Å². The molecule has 0 fully saturated rings. The van der Waals surface area contributed by atoms with E-state index in [1.54, 1.807) is 44.2 Å². The van der Waals surface area contributed by atoms with Gasteiger partial charge in [-0.15, -0.1) is 0 Å². The number of benzene rings is 5. The van der Waals surface area contributed by atoms with Gasteiger partial charge in [-0.3, -0.25) is 4.72 Å². The van der Waals surface area contributed by atoms with E-state index in [2.05, 4.69) is 25.4 Å². The minimum absolute atomic E-state index is 0. The summed E-state index contributed by atoms with van der Waals surface area (Å²) in [5, 5.41) is 4.82. The molecule has 0 bridgehead atoms. The summed E-state index contributed by atoms with van der Waals surface area (Å²) in [4.78, 5) is 97.4. The molecule has 0 aromatic heterocycles. The summed E-state index contributed by atoms with van der Waals surface area (Å²) in [6.07, 6.45) is 4.50. The second kappa shape index (κ2) is 52.7. The molecule has 5 aromatic carbocycles. The average Bonchev–Trinajstić information content (AvgIpc) is 0.778. The van der Waals surface area contributed by atoms with Gasteiger partial charge in [-0.25, -0.2) is 68.3 Å². The van der Waals surface area contributed by atoms with Gasteiger partial charge in [0.15, 0.2) is 12.8 Å². The molecule has 0 heterocycles. The van der Waals surface area contributed by atoms with Crippen molar-refractivity contribution in [3.05, 3.63) is 189 Å². The Morgan fingerprint density at radius 3 is 1.26 bits per heavy atom. The van der Waals surface area contributed by atoms with Crippen molar-refractivity contribution in [2.24, 2.45) is 17.8 Å². The van der Waals surface area contributed by atoms with E-state index in [9.17, 15) is 64.0 Å². The maximum atomic E-state index is 14.0. The van der Waals surface area contributed by atoms with Gasteiger partial charge < -0.3 is 77.8 Å². The van der Waals surface area contributed by atoms with Crippen molar-refractivity contribution in [2.45, 2.75) is 162 Å². The van der Waals surface area contributed by atoms with Crippen LogP contribution in [0.25, 0.3) is 0 Å². The number of hydrogen-bond donors (Lipinski definition) is 4. The van der Waals surface area contributed by atoms with E-state index in [-0.39, 0.29) is 160 Å². The summed E-state index contributed by atoms with van der Waals surface area (Å²) in [6, 6.07) is 31.4. The monoisotopic (exact) mass is 1870 g/mol. The van der Waals surface area contributed by atoms with E-state index in [1.807, 2.05) is 131 Å². The number of amides is 3. The number of nitrogens with one attached hydrogen (secondary N) is 4. The van der Waals surface area contributed by atoms with Gasteiger partial charge in [0, 0.05) is 0 Å². The number of sulfonamides is 2. The van der Waals surface area contributed by atoms with Crippen molar-refractivity contribution in [2.75, 3.05) is 39.7 Å². The molecule has 2 aliphatic rings. The first kappa shape index (κ1) is 99.5. The SMILES string of the molecule is CC(C)C[C@@H](NC(=O)OCCl)C(=O)OCc1ccccc1.CC(C)C[C@@H](NC(=O)OCI)C(=O)OCc1ccccc1.CCOC(=O)C1=CCCCC1S(=O)(=O)N(COC(=O)N[C@H](CC(C)C)C(=O)OCc1ccccc1)c1ccc(F)cc1Cl.CCOC(=O)C1=CCCCC1S(=O)(=O)Nc1ccc(F)cc1Cl.[I-].[Na+]. The number of alkyl carbamates (subject to hydrolysis) is 3. The molecule has 0 radical (unpaired) electrons. The number of carbonyl (C=O) groups is 8. The quantitative estimate of drug-likeness (QED) is 0.00778. The van der Waals surface area contributed by atoms with Crippen molar-refractivity contribution in [3.8, 4) is 0 Å². The minimum Gasteiger partial charge on any atom is -1.00 e. The maximum Gasteiger partial charge on any atom is 1.00 e. The van der Waals surface area contributed by atoms with Gasteiger partial charge in [0.25, 0.3) is 0 Å². The Bertz CT molecular complexity index is 3950. The standard InChI is InChI=1S/C30H36ClFN2O8S.C15H17ClFNO4S.C15H20ClNO4.C15H20INO4.HI.Na/c1-4-40-28(35)23-12-8-9-13-27(23)43(38,39)34(26-15-14-22(32)17-24(26)31)19-42-30(37)33-25(16-20(2)3)29(36)41-18-21-10-6-5-7-11-21;1-2-22-15(19)11-5-3-4-6-14(11)23(20,21)18-13-8-7-10(17)9-12(13)16;2*1-11(2)8-13(17-15(19)21-10-16)14(18)20-9-12-6-4-3-5-7-12;;/h5-7,10-12,14-15,17,20,25,27H,4,8-9,13,16,18-19H2,1-3H3,(H,33,37);5,7-9,14,18H,2-4,6H2,1H3;2*3-7,11,13H,8-10H2,1-2H3,(H,17,19);1H;/q;;;;;+1/p-1/t25-,27?;;2*13-;;/m1.11../s1. The van der Waals surface area contributed by atoms with Crippen molar-refractivity contribution >= 4 is 137 Å². The van der Waals surface area contributed by atoms with Gasteiger partial charge in [0.1, 0.15) is 64.7 Å². The third-order valence-electron chi connectivity index (χ3n) is 15.4. The molecule has 0 aliphatic heterocycles. The van der Waals surface area contributed by atoms with Crippen LogP contribution in [0.2, 0.25) is 10.0 Å². The molecule has 7 rings (SSSR count). The van der Waals surface area contributed by atoms with Crippen LogP contribution in [0.5, 0.6) is 0 Å². The van der Waals surface area contributed by atoms with Crippen LogP contribution < -0.4 is 78.5 Å². The molecule has 0 saturated carbocycles. The molecule has 0 saturated heterocycles. The molecule has 25 nitrogen and oxygen atoms in total. The van der Waals surface area contributed by atoms with Gasteiger partial charge in [-0.2, -0.15) is 0 Å². The topological polar surface area (TPSA) is 330 Å². The Kier molecular flexibility index (Phi) is 47.7. The van der Waals surface area contributed by atoms with Crippen LogP contribution in [0, 0.1) is 29.4 Å². The van der Waals surface area contributed by atoms with Gasteiger partial charge in [-0.1, -0.05) is 179 Å². The van der Waals surface area contributed by atoms with Gasteiger partial charge in [0.2, 0.25) is 20.0 Å². The number of halogens is 7. The van der Waals surface area contributed by atoms with Crippen LogP contribution >= 0.6 is 57.4 Å². The maximum absolute atomic E-state index is 14.0. The van der Waals surface area contributed by atoms with Crippen LogP contribution in [-0.2, 0) is 102 Å². The number of nitrogens with zero attached hydrogens (tertiary/aromatic N) is 1. The van der Waals surface area contributed by atoms with Crippen LogP contribution in [0.3, 0.4) is 0 Å². The van der Waals surface area contributed by atoms with Gasteiger partial charge in [-0.05, 0) is 165 Å². The molecule has 2 unspecified atom stereocenters. The van der Waals surface area contributed by atoms with E-state index >= 15 is 0 Å². The largest absolute Gasteiger partial charge is 1.00 e. The zero-order chi connectivity index (χ0) is 79.9. The number of ether oxygens (including phenoxy) is 8. The fourth-order valence-electron chi connectivity index (χ4n) is 10.4. The molecule has 110 heavy (non-hydrogen) atoms. The Hall–Kier alpha value is -6.57. The Morgan fingerprint density at radius 2 is 0.891 bits per heavy atom. The summed E-state index contributed by atoms with van der Waals surface area (Å²) in [7, 11) is -8.37. The van der Waals surface area contributed by atoms with Crippen molar-refractivity contribution in [1.29, 1.82) is 0 Å². The summed E-state index contributed by atoms with van der Waals surface area (Å²) in [5.74, 6) is -3.84.